The van der Waals surface area contributed by atoms with Crippen LogP contribution >= 0.6 is 23.4 Å². The molecule has 1 fully saturated rings. The highest BCUT2D eigenvalue weighted by Crippen LogP contribution is 2.21. The second-order valence-electron chi connectivity index (χ2n) is 4.70. The summed E-state index contributed by atoms with van der Waals surface area (Å²) in [5, 5.41) is 8.65. The van der Waals surface area contributed by atoms with Crippen LogP contribution < -0.4 is 0 Å². The fourth-order valence-corrected chi connectivity index (χ4v) is 3.14. The Morgan fingerprint density at radius 2 is 2.14 bits per heavy atom. The molecule has 1 saturated heterocycles. The lowest BCUT2D eigenvalue weighted by Crippen LogP contribution is -2.27. The van der Waals surface area contributed by atoms with E-state index in [0.29, 0.717) is 29.6 Å². The van der Waals surface area contributed by atoms with Gasteiger partial charge in [-0.25, -0.2) is 0 Å². The molecule has 0 radical (unpaired) electrons. The molecule has 0 spiro atoms. The number of aryl methyl sites for hydroxylation is 1. The highest BCUT2D eigenvalue weighted by atomic mass is 35.5. The van der Waals surface area contributed by atoms with E-state index in [1.165, 1.54) is 0 Å². The fourth-order valence-electron chi connectivity index (χ4n) is 2.05. The molecule has 0 saturated carbocycles. The van der Waals surface area contributed by atoms with Gasteiger partial charge in [-0.2, -0.15) is 0 Å². The van der Waals surface area contributed by atoms with E-state index in [2.05, 4.69) is 10.2 Å². The SMILES string of the molecule is O=C(CCc1nnc(-c2ccc(Cl)cc2)o1)N1CCSC1. The summed E-state index contributed by atoms with van der Waals surface area (Å²) in [5.74, 6) is 2.89. The van der Waals surface area contributed by atoms with Crippen molar-refractivity contribution in [3.8, 4) is 11.5 Å². The number of thioether (sulfide) groups is 1. The molecule has 21 heavy (non-hydrogen) atoms. The Morgan fingerprint density at radius 1 is 1.33 bits per heavy atom. The first-order valence-electron chi connectivity index (χ1n) is 6.66. The minimum atomic E-state index is 0.145. The molecule has 110 valence electrons. The van der Waals surface area contributed by atoms with E-state index in [-0.39, 0.29) is 5.91 Å². The maximum Gasteiger partial charge on any atom is 0.247 e. The molecule has 2 heterocycles. The molecule has 1 aliphatic rings. The minimum Gasteiger partial charge on any atom is -0.421 e. The molecule has 0 aliphatic carbocycles. The van der Waals surface area contributed by atoms with Crippen molar-refractivity contribution in [2.45, 2.75) is 12.8 Å². The third kappa shape index (κ3) is 3.57. The number of nitrogens with zero attached hydrogens (tertiary/aromatic N) is 3. The van der Waals surface area contributed by atoms with Crippen molar-refractivity contribution in [2.24, 2.45) is 0 Å². The number of hydrogen-bond donors (Lipinski definition) is 0. The topological polar surface area (TPSA) is 59.2 Å². The van der Waals surface area contributed by atoms with Crippen LogP contribution in [0.1, 0.15) is 12.3 Å². The predicted octanol–water partition coefficient (Wildman–Crippen LogP) is 2.86. The summed E-state index contributed by atoms with van der Waals surface area (Å²) in [7, 11) is 0. The lowest BCUT2D eigenvalue weighted by atomic mass is 10.2. The van der Waals surface area contributed by atoms with E-state index in [0.717, 1.165) is 23.7 Å². The lowest BCUT2D eigenvalue weighted by molar-refractivity contribution is -0.129. The van der Waals surface area contributed by atoms with Gasteiger partial charge in [0.15, 0.2) is 0 Å². The van der Waals surface area contributed by atoms with Crippen LogP contribution in [-0.4, -0.2) is 39.2 Å². The smallest absolute Gasteiger partial charge is 0.247 e. The first kappa shape index (κ1) is 14.4. The van der Waals surface area contributed by atoms with Crippen LogP contribution in [0.2, 0.25) is 5.02 Å². The Morgan fingerprint density at radius 3 is 2.86 bits per heavy atom. The number of benzene rings is 1. The molecule has 5 nitrogen and oxygen atoms in total. The van der Waals surface area contributed by atoms with Crippen molar-refractivity contribution in [2.75, 3.05) is 18.2 Å². The maximum atomic E-state index is 11.9. The third-order valence-corrected chi connectivity index (χ3v) is 4.43. The van der Waals surface area contributed by atoms with Gasteiger partial charge >= 0.3 is 0 Å². The monoisotopic (exact) mass is 323 g/mol. The van der Waals surface area contributed by atoms with E-state index in [1.807, 2.05) is 17.0 Å². The van der Waals surface area contributed by atoms with Crippen LogP contribution in [0.5, 0.6) is 0 Å². The molecule has 1 aromatic carbocycles. The molecule has 0 N–H and O–H groups in total. The standard InChI is InChI=1S/C14H14ClN3O2S/c15-11-3-1-10(2-4-11)14-17-16-12(20-14)5-6-13(19)18-7-8-21-9-18/h1-4H,5-9H2. The molecule has 1 aliphatic heterocycles. The van der Waals surface area contributed by atoms with Crippen molar-refractivity contribution in [1.82, 2.24) is 15.1 Å². The van der Waals surface area contributed by atoms with Crippen molar-refractivity contribution in [1.29, 1.82) is 0 Å². The molecule has 0 atom stereocenters. The number of halogens is 1. The van der Waals surface area contributed by atoms with E-state index < -0.39 is 0 Å². The zero-order valence-electron chi connectivity index (χ0n) is 11.3. The highest BCUT2D eigenvalue weighted by Gasteiger charge is 2.19. The number of aromatic nitrogens is 2. The van der Waals surface area contributed by atoms with Gasteiger partial charge in [0, 0.05) is 35.7 Å². The maximum absolute atomic E-state index is 11.9. The number of amides is 1. The van der Waals surface area contributed by atoms with Crippen LogP contribution in [0, 0.1) is 0 Å². The second-order valence-corrected chi connectivity index (χ2v) is 6.21. The molecule has 3 rings (SSSR count). The van der Waals surface area contributed by atoms with Gasteiger partial charge in [0.2, 0.25) is 17.7 Å². The van der Waals surface area contributed by atoms with E-state index in [9.17, 15) is 4.79 Å². The molecule has 7 heteroatoms. The zero-order valence-corrected chi connectivity index (χ0v) is 12.9. The Labute approximate surface area is 131 Å². The van der Waals surface area contributed by atoms with Gasteiger partial charge in [-0.1, -0.05) is 11.6 Å². The minimum absolute atomic E-state index is 0.145. The van der Waals surface area contributed by atoms with Crippen LogP contribution in [0.4, 0.5) is 0 Å². The van der Waals surface area contributed by atoms with Crippen molar-refractivity contribution in [3.63, 3.8) is 0 Å². The summed E-state index contributed by atoms with van der Waals surface area (Å²) >= 11 is 7.62. The quantitative estimate of drug-likeness (QED) is 0.866. The normalized spacial score (nSPS) is 14.6. The highest BCUT2D eigenvalue weighted by molar-refractivity contribution is 7.99. The molecule has 2 aromatic rings. The van der Waals surface area contributed by atoms with Gasteiger partial charge < -0.3 is 9.32 Å². The van der Waals surface area contributed by atoms with Gasteiger partial charge in [-0.3, -0.25) is 4.79 Å². The average molecular weight is 324 g/mol. The van der Waals surface area contributed by atoms with Gasteiger partial charge in [0.05, 0.1) is 5.88 Å². The van der Waals surface area contributed by atoms with E-state index in [1.54, 1.807) is 23.9 Å². The Balaban J connectivity index is 1.60. The van der Waals surface area contributed by atoms with Gasteiger partial charge in [0.1, 0.15) is 0 Å². The summed E-state index contributed by atoms with van der Waals surface area (Å²) in [6, 6.07) is 7.20. The first-order chi connectivity index (χ1) is 10.2. The van der Waals surface area contributed by atoms with Crippen LogP contribution in [0.3, 0.4) is 0 Å². The molecule has 0 bridgehead atoms. The lowest BCUT2D eigenvalue weighted by Gasteiger charge is -2.12. The summed E-state index contributed by atoms with van der Waals surface area (Å²) in [4.78, 5) is 13.8. The summed E-state index contributed by atoms with van der Waals surface area (Å²) < 4.78 is 5.58. The van der Waals surface area contributed by atoms with Crippen molar-refractivity contribution >= 4 is 29.3 Å². The summed E-state index contributed by atoms with van der Waals surface area (Å²) in [6.45, 7) is 0.837. The van der Waals surface area contributed by atoms with E-state index >= 15 is 0 Å². The van der Waals surface area contributed by atoms with Gasteiger partial charge in [-0.15, -0.1) is 22.0 Å². The Hall–Kier alpha value is -1.53. The largest absolute Gasteiger partial charge is 0.421 e. The number of carbonyl (C=O) groups is 1. The fraction of sp³-hybridized carbons (Fsp3) is 0.357. The average Bonchev–Trinajstić information content (AvgIpc) is 3.17. The zero-order chi connectivity index (χ0) is 14.7. The third-order valence-electron chi connectivity index (χ3n) is 3.22. The molecular formula is C14H14ClN3O2S. The second kappa shape index (κ2) is 6.49. The van der Waals surface area contributed by atoms with E-state index in [4.69, 9.17) is 16.0 Å². The van der Waals surface area contributed by atoms with Crippen LogP contribution in [0.15, 0.2) is 28.7 Å². The molecule has 1 aromatic heterocycles. The van der Waals surface area contributed by atoms with Crippen LogP contribution in [0.25, 0.3) is 11.5 Å². The Kier molecular flexibility index (Phi) is 4.45. The number of rotatable bonds is 4. The number of hydrogen-bond acceptors (Lipinski definition) is 5. The summed E-state index contributed by atoms with van der Waals surface area (Å²) in [6.07, 6.45) is 0.878. The van der Waals surface area contributed by atoms with Gasteiger partial charge in [0.25, 0.3) is 0 Å². The summed E-state index contributed by atoms with van der Waals surface area (Å²) in [5.41, 5.74) is 0.820. The van der Waals surface area contributed by atoms with Gasteiger partial charge in [-0.05, 0) is 24.3 Å². The molecular weight excluding hydrogens is 310 g/mol. The van der Waals surface area contributed by atoms with Crippen LogP contribution in [-0.2, 0) is 11.2 Å². The van der Waals surface area contributed by atoms with Crippen molar-refractivity contribution in [3.05, 3.63) is 35.2 Å². The molecule has 1 amide bonds. The number of carbonyl (C=O) groups excluding carboxylic acids is 1. The first-order valence-corrected chi connectivity index (χ1v) is 8.19. The Bertz CT molecular complexity index is 623. The molecule has 0 unspecified atom stereocenters. The predicted molar refractivity (Wildman–Crippen MR) is 82.1 cm³/mol. The van der Waals surface area contributed by atoms with Crippen molar-refractivity contribution < 1.29 is 9.21 Å².